The third-order valence-corrected chi connectivity index (χ3v) is 9.52. The largest absolute Gasteiger partial charge is 0.508 e. The summed E-state index contributed by atoms with van der Waals surface area (Å²) in [5, 5.41) is 35.8. The maximum Gasteiger partial charge on any atom is 0.248 e. The normalized spacial score (nSPS) is 15.4. The number of aliphatic hydroxyl groups excluding tert-OH is 1. The van der Waals surface area contributed by atoms with Crippen molar-refractivity contribution in [3.8, 4) is 17.2 Å². The molecule has 1 atom stereocenters. The number of ether oxygens (including phenoxy) is 1. The number of hydrogen-bond acceptors (Lipinski definition) is 7. The first-order valence-corrected chi connectivity index (χ1v) is 16.3. The van der Waals surface area contributed by atoms with Crippen LogP contribution in [0.15, 0.2) is 102 Å². The summed E-state index contributed by atoms with van der Waals surface area (Å²) in [6, 6.07) is 30.9. The molecular formula is C39H43N3O5. The third kappa shape index (κ3) is 7.36. The molecule has 1 aromatic heterocycles. The molecule has 1 aliphatic heterocycles. The molecule has 0 spiro atoms. The standard InChI is InChI=1S/C39H43N3O5/c1-42-22-19-39(20-23-42,29-5-3-2-4-6-29)33-25-28(9-14-34(33)43)18-24-47-30-10-7-27(8-11-30)17-21-40-26-36(45)31-12-15-35(44)38-32(31)13-16-37(46)41-38/h2-16,25,36,40,43-45H,17-24,26H2,1H3,(H,41,46). The van der Waals surface area contributed by atoms with E-state index in [4.69, 9.17) is 4.74 Å². The number of rotatable bonds is 12. The molecule has 0 bridgehead atoms. The number of piperidine rings is 1. The Hall–Kier alpha value is -4.63. The van der Waals surface area contributed by atoms with Crippen LogP contribution in [0.1, 0.15) is 46.8 Å². The van der Waals surface area contributed by atoms with E-state index in [0.29, 0.717) is 41.9 Å². The Morgan fingerprint density at radius 3 is 2.36 bits per heavy atom. The number of nitrogens with one attached hydrogen (secondary N) is 2. The Balaban J connectivity index is 1.00. The van der Waals surface area contributed by atoms with Crippen LogP contribution in [-0.4, -0.2) is 65.0 Å². The Morgan fingerprint density at radius 2 is 1.60 bits per heavy atom. The van der Waals surface area contributed by atoms with Gasteiger partial charge < -0.3 is 35.3 Å². The topological polar surface area (TPSA) is 118 Å². The van der Waals surface area contributed by atoms with E-state index >= 15 is 0 Å². The molecule has 0 saturated carbocycles. The lowest BCUT2D eigenvalue weighted by atomic mass is 9.67. The number of aromatic amines is 1. The average Bonchev–Trinajstić information content (AvgIpc) is 3.09. The second kappa shape index (κ2) is 14.4. The molecule has 5 N–H and O–H groups in total. The van der Waals surface area contributed by atoms with Crippen LogP contribution in [0.3, 0.4) is 0 Å². The number of H-pyrrole nitrogens is 1. The number of aromatic nitrogens is 1. The number of pyridine rings is 1. The van der Waals surface area contributed by atoms with Gasteiger partial charge in [-0.1, -0.05) is 60.7 Å². The summed E-state index contributed by atoms with van der Waals surface area (Å²) in [4.78, 5) is 16.7. The number of fused-ring (bicyclic) bond motifs is 1. The molecule has 8 heteroatoms. The first-order chi connectivity index (χ1) is 22.8. The number of hydrogen-bond donors (Lipinski definition) is 5. The Morgan fingerprint density at radius 1 is 0.872 bits per heavy atom. The minimum atomic E-state index is -0.794. The molecule has 0 amide bonds. The lowest BCUT2D eigenvalue weighted by Crippen LogP contribution is -2.41. The van der Waals surface area contributed by atoms with Gasteiger partial charge in [-0.15, -0.1) is 0 Å². The molecule has 1 aliphatic rings. The number of phenols is 2. The summed E-state index contributed by atoms with van der Waals surface area (Å²) in [5.41, 5.74) is 5.02. The van der Waals surface area contributed by atoms with Crippen LogP contribution < -0.4 is 15.6 Å². The lowest BCUT2D eigenvalue weighted by molar-refractivity contribution is 0.176. The molecule has 6 rings (SSSR count). The van der Waals surface area contributed by atoms with Gasteiger partial charge in [-0.05, 0) is 98.5 Å². The van der Waals surface area contributed by atoms with E-state index in [1.165, 1.54) is 17.7 Å². The van der Waals surface area contributed by atoms with Crippen molar-refractivity contribution in [3.63, 3.8) is 0 Å². The van der Waals surface area contributed by atoms with Gasteiger partial charge in [0.05, 0.1) is 18.2 Å². The van der Waals surface area contributed by atoms with Crippen LogP contribution in [0.4, 0.5) is 0 Å². The zero-order valence-corrected chi connectivity index (χ0v) is 26.8. The maximum absolute atomic E-state index is 11.7. The monoisotopic (exact) mass is 633 g/mol. The Kier molecular flexibility index (Phi) is 9.92. The molecule has 0 radical (unpaired) electrons. The minimum Gasteiger partial charge on any atom is -0.508 e. The van der Waals surface area contributed by atoms with Crippen molar-refractivity contribution in [1.82, 2.24) is 15.2 Å². The van der Waals surface area contributed by atoms with E-state index in [2.05, 4.69) is 64.7 Å². The van der Waals surface area contributed by atoms with Crippen molar-refractivity contribution in [2.45, 2.75) is 37.2 Å². The number of phenolic OH excluding ortho intramolecular Hbond substituents is 2. The molecule has 0 aliphatic carbocycles. The fourth-order valence-electron chi connectivity index (χ4n) is 6.76. The van der Waals surface area contributed by atoms with E-state index in [1.807, 2.05) is 30.3 Å². The van der Waals surface area contributed by atoms with Crippen LogP contribution in [0.5, 0.6) is 17.2 Å². The maximum atomic E-state index is 11.7. The van der Waals surface area contributed by atoms with Crippen molar-refractivity contribution >= 4 is 10.9 Å². The molecule has 244 valence electrons. The van der Waals surface area contributed by atoms with Gasteiger partial charge in [-0.2, -0.15) is 0 Å². The van der Waals surface area contributed by atoms with E-state index in [9.17, 15) is 20.1 Å². The van der Waals surface area contributed by atoms with Crippen LogP contribution in [0.2, 0.25) is 0 Å². The van der Waals surface area contributed by atoms with Gasteiger partial charge in [0.25, 0.3) is 0 Å². The highest BCUT2D eigenvalue weighted by Crippen LogP contribution is 2.45. The third-order valence-electron chi connectivity index (χ3n) is 9.52. The molecule has 1 saturated heterocycles. The summed E-state index contributed by atoms with van der Waals surface area (Å²) >= 11 is 0. The van der Waals surface area contributed by atoms with Crippen LogP contribution in [0, 0.1) is 0 Å². The molecular weight excluding hydrogens is 590 g/mol. The fourth-order valence-corrected chi connectivity index (χ4v) is 6.76. The van der Waals surface area contributed by atoms with Gasteiger partial charge in [0, 0.05) is 35.4 Å². The van der Waals surface area contributed by atoms with Gasteiger partial charge in [0.1, 0.15) is 17.2 Å². The summed E-state index contributed by atoms with van der Waals surface area (Å²) in [6.45, 7) is 3.51. The molecule has 1 unspecified atom stereocenters. The molecule has 4 aromatic carbocycles. The highest BCUT2D eigenvalue weighted by atomic mass is 16.5. The summed E-state index contributed by atoms with van der Waals surface area (Å²) in [5.74, 6) is 1.14. The van der Waals surface area contributed by atoms with Crippen molar-refractivity contribution in [3.05, 3.63) is 135 Å². The smallest absolute Gasteiger partial charge is 0.248 e. The summed E-state index contributed by atoms with van der Waals surface area (Å²) in [7, 11) is 2.16. The van der Waals surface area contributed by atoms with Crippen molar-refractivity contribution in [2.75, 3.05) is 39.8 Å². The lowest BCUT2D eigenvalue weighted by Gasteiger charge is -2.42. The number of likely N-dealkylation sites (tertiary alicyclic amines) is 1. The van der Waals surface area contributed by atoms with Crippen molar-refractivity contribution < 1.29 is 20.1 Å². The van der Waals surface area contributed by atoms with Gasteiger partial charge in [0.2, 0.25) is 5.56 Å². The summed E-state index contributed by atoms with van der Waals surface area (Å²) in [6.07, 6.45) is 2.65. The number of benzene rings is 4. The molecule has 1 fully saturated rings. The van der Waals surface area contributed by atoms with E-state index < -0.39 is 6.10 Å². The van der Waals surface area contributed by atoms with Gasteiger partial charge in [-0.25, -0.2) is 0 Å². The molecule has 5 aromatic rings. The highest BCUT2D eigenvalue weighted by molar-refractivity contribution is 5.87. The quantitative estimate of drug-likeness (QED) is 0.116. The van der Waals surface area contributed by atoms with Crippen molar-refractivity contribution in [1.29, 1.82) is 0 Å². The summed E-state index contributed by atoms with van der Waals surface area (Å²) < 4.78 is 6.10. The Bertz CT molecular complexity index is 1850. The zero-order chi connectivity index (χ0) is 32.8. The van der Waals surface area contributed by atoms with Crippen LogP contribution in [0.25, 0.3) is 10.9 Å². The Labute approximate surface area is 275 Å². The SMILES string of the molecule is CN1CCC(c2ccccc2)(c2cc(CCOc3ccc(CCNCC(O)c4ccc(O)c5[nH]c(=O)ccc45)cc3)ccc2O)CC1. The first-order valence-electron chi connectivity index (χ1n) is 16.3. The van der Waals surface area contributed by atoms with E-state index in [1.54, 1.807) is 12.1 Å². The first kappa shape index (κ1) is 32.3. The van der Waals surface area contributed by atoms with Crippen LogP contribution >= 0.6 is 0 Å². The van der Waals surface area contributed by atoms with Gasteiger partial charge in [0.15, 0.2) is 0 Å². The van der Waals surface area contributed by atoms with Crippen molar-refractivity contribution in [2.24, 2.45) is 0 Å². The van der Waals surface area contributed by atoms with Gasteiger partial charge >= 0.3 is 0 Å². The molecule has 8 nitrogen and oxygen atoms in total. The highest BCUT2D eigenvalue weighted by Gasteiger charge is 2.39. The number of aliphatic hydroxyl groups is 1. The fraction of sp³-hybridized carbons (Fsp3) is 0.308. The van der Waals surface area contributed by atoms with Crippen LogP contribution in [-0.2, 0) is 18.3 Å². The average molecular weight is 634 g/mol. The predicted octanol–water partition coefficient (Wildman–Crippen LogP) is 5.44. The second-order valence-electron chi connectivity index (χ2n) is 12.6. The number of nitrogens with zero attached hydrogens (tertiary/aromatic N) is 1. The zero-order valence-electron chi connectivity index (χ0n) is 26.8. The second-order valence-corrected chi connectivity index (χ2v) is 12.6. The minimum absolute atomic E-state index is 0.0247. The van der Waals surface area contributed by atoms with Gasteiger partial charge in [-0.3, -0.25) is 4.79 Å². The van der Waals surface area contributed by atoms with E-state index in [-0.39, 0.29) is 16.7 Å². The van der Waals surface area contributed by atoms with E-state index in [0.717, 1.165) is 61.2 Å². The molecule has 47 heavy (non-hydrogen) atoms. The molecule has 2 heterocycles. The predicted molar refractivity (Wildman–Crippen MR) is 185 cm³/mol. The number of aromatic hydroxyl groups is 2.